The maximum Gasteiger partial charge on any atom is 0.294 e. The van der Waals surface area contributed by atoms with Crippen LogP contribution in [0, 0.1) is 0 Å². The van der Waals surface area contributed by atoms with Crippen LogP contribution in [0.1, 0.15) is 19.4 Å². The fraction of sp³-hybridized carbons (Fsp3) is 0.190. The van der Waals surface area contributed by atoms with Gasteiger partial charge < -0.3 is 24.1 Å². The third-order valence-corrected chi connectivity index (χ3v) is 4.03. The van der Waals surface area contributed by atoms with E-state index in [0.717, 1.165) is 11.6 Å². The molecule has 3 rings (SSSR count). The van der Waals surface area contributed by atoms with Crippen LogP contribution in [0.15, 0.2) is 57.3 Å². The number of phenols is 2. The number of aromatic hydroxyl groups is 2. The molecule has 0 aliphatic rings. The van der Waals surface area contributed by atoms with Gasteiger partial charge in [-0.1, -0.05) is 29.8 Å². The monoisotopic (exact) mass is 368 g/mol. The molecule has 3 aromatic rings. The predicted octanol–water partition coefficient (Wildman–Crippen LogP) is 4.51. The number of para-hydroxylation sites is 1. The first-order valence-corrected chi connectivity index (χ1v) is 8.37. The van der Waals surface area contributed by atoms with Crippen molar-refractivity contribution >= 4 is 11.0 Å². The molecule has 0 aliphatic carbocycles. The number of rotatable bonds is 5. The molecule has 0 bridgehead atoms. The van der Waals surface area contributed by atoms with Gasteiger partial charge in [-0.3, -0.25) is 4.79 Å². The van der Waals surface area contributed by atoms with Crippen LogP contribution >= 0.6 is 0 Å². The summed E-state index contributed by atoms with van der Waals surface area (Å²) in [5, 5.41) is 20.9. The average Bonchev–Trinajstić information content (AvgIpc) is 2.62. The van der Waals surface area contributed by atoms with Crippen molar-refractivity contribution < 1.29 is 24.1 Å². The highest BCUT2D eigenvalue weighted by atomic mass is 16.6. The number of hydrogen-bond acceptors (Lipinski definition) is 6. The molecule has 2 N–H and O–H groups in total. The zero-order valence-electron chi connectivity index (χ0n) is 15.3. The first-order valence-electron chi connectivity index (χ1n) is 8.37. The highest BCUT2D eigenvalue weighted by molar-refractivity contribution is 5.92. The Labute approximate surface area is 155 Å². The second-order valence-corrected chi connectivity index (χ2v) is 6.24. The second-order valence-electron chi connectivity index (χ2n) is 6.24. The van der Waals surface area contributed by atoms with E-state index >= 15 is 0 Å². The molecular weight excluding hydrogens is 348 g/mol. The molecule has 0 amide bonds. The molecule has 0 radical (unpaired) electrons. The molecule has 6 heteroatoms. The Morgan fingerprint density at radius 3 is 2.48 bits per heavy atom. The van der Waals surface area contributed by atoms with Crippen molar-refractivity contribution in [1.29, 1.82) is 0 Å². The number of benzene rings is 2. The normalized spacial score (nSPS) is 10.6. The van der Waals surface area contributed by atoms with Crippen LogP contribution < -0.4 is 14.9 Å². The van der Waals surface area contributed by atoms with E-state index in [1.54, 1.807) is 24.3 Å². The summed E-state index contributed by atoms with van der Waals surface area (Å²) >= 11 is 0. The largest absolute Gasteiger partial charge is 0.504 e. The SMILES string of the molecule is COc1c(O)c(CC=C(C)C)c2oc(Oc3ccccc3)cc(=O)c2c1O. The van der Waals surface area contributed by atoms with E-state index in [9.17, 15) is 15.0 Å². The Hall–Kier alpha value is -3.41. The minimum Gasteiger partial charge on any atom is -0.504 e. The lowest BCUT2D eigenvalue weighted by atomic mass is 10.0. The topological polar surface area (TPSA) is 89.1 Å². The number of ether oxygens (including phenoxy) is 2. The molecule has 1 heterocycles. The fourth-order valence-corrected chi connectivity index (χ4v) is 2.72. The van der Waals surface area contributed by atoms with Gasteiger partial charge in [0.15, 0.2) is 17.1 Å². The van der Waals surface area contributed by atoms with Gasteiger partial charge in [-0.2, -0.15) is 0 Å². The van der Waals surface area contributed by atoms with Crippen molar-refractivity contribution in [3.63, 3.8) is 0 Å². The van der Waals surface area contributed by atoms with Crippen molar-refractivity contribution in [1.82, 2.24) is 0 Å². The lowest BCUT2D eigenvalue weighted by Crippen LogP contribution is -2.04. The summed E-state index contributed by atoms with van der Waals surface area (Å²) < 4.78 is 16.4. The number of fused-ring (bicyclic) bond motifs is 1. The highest BCUT2D eigenvalue weighted by Crippen LogP contribution is 2.45. The van der Waals surface area contributed by atoms with Gasteiger partial charge in [0.1, 0.15) is 11.1 Å². The number of hydrogen-bond donors (Lipinski definition) is 2. The molecule has 0 atom stereocenters. The fourth-order valence-electron chi connectivity index (χ4n) is 2.72. The maximum absolute atomic E-state index is 12.6. The molecule has 6 nitrogen and oxygen atoms in total. The summed E-state index contributed by atoms with van der Waals surface area (Å²) in [5.41, 5.74) is 0.906. The number of phenolic OH excluding ortho intramolecular Hbond substituents is 2. The van der Waals surface area contributed by atoms with Gasteiger partial charge in [0, 0.05) is 5.56 Å². The van der Waals surface area contributed by atoms with Crippen LogP contribution in [0.25, 0.3) is 11.0 Å². The average molecular weight is 368 g/mol. The summed E-state index contributed by atoms with van der Waals surface area (Å²) in [7, 11) is 1.31. The van der Waals surface area contributed by atoms with E-state index in [0.29, 0.717) is 17.7 Å². The summed E-state index contributed by atoms with van der Waals surface area (Å²) in [6.07, 6.45) is 2.16. The third-order valence-electron chi connectivity index (χ3n) is 4.03. The summed E-state index contributed by atoms with van der Waals surface area (Å²) in [5.74, 6) is -0.455. The van der Waals surface area contributed by atoms with Gasteiger partial charge >= 0.3 is 0 Å². The van der Waals surface area contributed by atoms with Gasteiger partial charge in [-0.15, -0.1) is 0 Å². The van der Waals surface area contributed by atoms with Crippen molar-refractivity contribution in [3.8, 4) is 28.9 Å². The Kier molecular flexibility index (Phi) is 5.07. The quantitative estimate of drug-likeness (QED) is 0.644. The van der Waals surface area contributed by atoms with Crippen molar-refractivity contribution in [2.75, 3.05) is 7.11 Å². The molecule has 0 saturated heterocycles. The molecule has 27 heavy (non-hydrogen) atoms. The molecule has 0 aliphatic heterocycles. The summed E-state index contributed by atoms with van der Waals surface area (Å²) in [4.78, 5) is 12.6. The Morgan fingerprint density at radius 1 is 1.15 bits per heavy atom. The first kappa shape index (κ1) is 18.4. The Balaban J connectivity index is 2.26. The first-order chi connectivity index (χ1) is 12.9. The van der Waals surface area contributed by atoms with Crippen molar-refractivity contribution in [2.45, 2.75) is 20.3 Å². The van der Waals surface area contributed by atoms with Gasteiger partial charge in [-0.05, 0) is 32.4 Å². The third kappa shape index (κ3) is 3.60. The molecule has 140 valence electrons. The van der Waals surface area contributed by atoms with E-state index in [-0.39, 0.29) is 28.4 Å². The highest BCUT2D eigenvalue weighted by Gasteiger charge is 2.24. The van der Waals surface area contributed by atoms with Gasteiger partial charge in [-0.25, -0.2) is 0 Å². The van der Waals surface area contributed by atoms with Crippen LogP contribution in [-0.2, 0) is 6.42 Å². The number of methoxy groups -OCH3 is 1. The minimum atomic E-state index is -0.503. The molecule has 0 spiro atoms. The van der Waals surface area contributed by atoms with Crippen LogP contribution in [0.4, 0.5) is 0 Å². The maximum atomic E-state index is 12.6. The van der Waals surface area contributed by atoms with Crippen molar-refractivity contribution in [2.24, 2.45) is 0 Å². The predicted molar refractivity (Wildman–Crippen MR) is 102 cm³/mol. The van der Waals surface area contributed by atoms with E-state index in [1.165, 1.54) is 7.11 Å². The zero-order valence-corrected chi connectivity index (χ0v) is 15.3. The van der Waals surface area contributed by atoms with Crippen LogP contribution in [-0.4, -0.2) is 17.3 Å². The summed E-state index contributed by atoms with van der Waals surface area (Å²) in [6.45, 7) is 3.83. The van der Waals surface area contributed by atoms with E-state index in [1.807, 2.05) is 26.0 Å². The van der Waals surface area contributed by atoms with Crippen LogP contribution in [0.2, 0.25) is 0 Å². The molecule has 1 aromatic heterocycles. The van der Waals surface area contributed by atoms with Gasteiger partial charge in [0.05, 0.1) is 13.2 Å². The van der Waals surface area contributed by atoms with Crippen LogP contribution in [0.3, 0.4) is 0 Å². The molecule has 0 saturated carbocycles. The Morgan fingerprint density at radius 2 is 1.85 bits per heavy atom. The standard InChI is InChI=1S/C21H20O6/c1-12(2)9-10-14-18(23)21(25-3)19(24)17-15(22)11-16(27-20(14)17)26-13-7-5-4-6-8-13/h4-9,11,23-24H,10H2,1-3H3. The van der Waals surface area contributed by atoms with Crippen LogP contribution in [0.5, 0.6) is 28.9 Å². The minimum absolute atomic E-state index is 0.0406. The van der Waals surface area contributed by atoms with E-state index in [4.69, 9.17) is 13.9 Å². The smallest absolute Gasteiger partial charge is 0.294 e. The second kappa shape index (κ2) is 7.45. The summed E-state index contributed by atoms with van der Waals surface area (Å²) in [6, 6.07) is 10.0. The van der Waals surface area contributed by atoms with Gasteiger partial charge in [0.25, 0.3) is 5.95 Å². The molecule has 2 aromatic carbocycles. The van der Waals surface area contributed by atoms with E-state index in [2.05, 4.69) is 0 Å². The van der Waals surface area contributed by atoms with Crippen molar-refractivity contribution in [3.05, 3.63) is 63.8 Å². The Bertz CT molecular complexity index is 1060. The molecule has 0 unspecified atom stereocenters. The zero-order chi connectivity index (χ0) is 19.6. The molecular formula is C21H20O6. The number of allylic oxidation sites excluding steroid dienone is 2. The lowest BCUT2D eigenvalue weighted by Gasteiger charge is -2.14. The van der Waals surface area contributed by atoms with Gasteiger partial charge in [0.2, 0.25) is 11.2 Å². The van der Waals surface area contributed by atoms with E-state index < -0.39 is 11.2 Å². The lowest BCUT2D eigenvalue weighted by molar-refractivity contribution is 0.337. The molecule has 0 fully saturated rings.